The van der Waals surface area contributed by atoms with E-state index < -0.39 is 0 Å². The number of nitrogens with one attached hydrogen (secondary N) is 1. The van der Waals surface area contributed by atoms with Crippen molar-refractivity contribution in [2.75, 3.05) is 13.2 Å². The van der Waals surface area contributed by atoms with Crippen molar-refractivity contribution >= 4 is 0 Å². The molecule has 112 valence electrons. The molecule has 2 rings (SSSR count). The molecule has 0 bridgehead atoms. The molecule has 21 heavy (non-hydrogen) atoms. The van der Waals surface area contributed by atoms with Crippen LogP contribution in [0.25, 0.3) is 0 Å². The molecule has 0 fully saturated rings. The Kier molecular flexibility index (Phi) is 6.25. The molecule has 0 heterocycles. The van der Waals surface area contributed by atoms with Crippen LogP contribution < -0.4 is 10.1 Å². The molecule has 1 atom stereocenters. The Bertz CT molecular complexity index is 528. The predicted octanol–water partition coefficient (Wildman–Crippen LogP) is 2.78. The van der Waals surface area contributed by atoms with Gasteiger partial charge in [-0.2, -0.15) is 0 Å². The van der Waals surface area contributed by atoms with Gasteiger partial charge in [-0.1, -0.05) is 42.5 Å². The fraction of sp³-hybridized carbons (Fsp3) is 0.333. The minimum atomic E-state index is 0.0585. The number of benzene rings is 2. The van der Waals surface area contributed by atoms with E-state index in [-0.39, 0.29) is 12.6 Å². The standard InChI is InChI=1S/C18H23NO2/c1-2-21-18-10-6-9-16(12-18)13-19-17(14-20)11-15-7-4-3-5-8-15/h3-10,12,17,19-20H,2,11,13-14H2,1H3/t17-/m1/s1. The summed E-state index contributed by atoms with van der Waals surface area (Å²) in [6.07, 6.45) is 0.822. The molecule has 0 spiro atoms. The van der Waals surface area contributed by atoms with Crippen LogP contribution in [-0.4, -0.2) is 24.4 Å². The monoisotopic (exact) mass is 285 g/mol. The van der Waals surface area contributed by atoms with Gasteiger partial charge in [0.05, 0.1) is 13.2 Å². The van der Waals surface area contributed by atoms with Crippen LogP contribution in [0.15, 0.2) is 54.6 Å². The number of ether oxygens (including phenoxy) is 1. The Morgan fingerprint density at radius 1 is 1.05 bits per heavy atom. The van der Waals surface area contributed by atoms with Gasteiger partial charge in [-0.05, 0) is 36.6 Å². The highest BCUT2D eigenvalue weighted by molar-refractivity contribution is 5.28. The van der Waals surface area contributed by atoms with Crippen molar-refractivity contribution in [2.24, 2.45) is 0 Å². The molecule has 0 unspecified atom stereocenters. The maximum absolute atomic E-state index is 9.52. The number of hydrogen-bond donors (Lipinski definition) is 2. The third-order valence-electron chi connectivity index (χ3n) is 3.35. The first kappa shape index (κ1) is 15.5. The molecular weight excluding hydrogens is 262 g/mol. The summed E-state index contributed by atoms with van der Waals surface area (Å²) in [5.41, 5.74) is 2.39. The van der Waals surface area contributed by atoms with Crippen LogP contribution in [-0.2, 0) is 13.0 Å². The molecule has 2 aromatic rings. The van der Waals surface area contributed by atoms with E-state index in [0.717, 1.165) is 24.3 Å². The second-order valence-corrected chi connectivity index (χ2v) is 5.03. The zero-order valence-corrected chi connectivity index (χ0v) is 12.5. The lowest BCUT2D eigenvalue weighted by Crippen LogP contribution is -2.34. The van der Waals surface area contributed by atoms with Crippen molar-refractivity contribution in [2.45, 2.75) is 25.9 Å². The first-order valence-corrected chi connectivity index (χ1v) is 7.41. The minimum Gasteiger partial charge on any atom is -0.494 e. The quantitative estimate of drug-likeness (QED) is 0.783. The van der Waals surface area contributed by atoms with Gasteiger partial charge in [0.1, 0.15) is 5.75 Å². The Morgan fingerprint density at radius 2 is 1.81 bits per heavy atom. The van der Waals surface area contributed by atoms with Gasteiger partial charge in [-0.15, -0.1) is 0 Å². The highest BCUT2D eigenvalue weighted by atomic mass is 16.5. The molecule has 2 N–H and O–H groups in total. The van der Waals surface area contributed by atoms with Crippen LogP contribution in [0.1, 0.15) is 18.1 Å². The van der Waals surface area contributed by atoms with Crippen LogP contribution >= 0.6 is 0 Å². The van der Waals surface area contributed by atoms with E-state index in [9.17, 15) is 5.11 Å². The van der Waals surface area contributed by atoms with E-state index in [1.54, 1.807) is 0 Å². The normalized spacial score (nSPS) is 12.1. The van der Waals surface area contributed by atoms with Gasteiger partial charge < -0.3 is 15.2 Å². The average molecular weight is 285 g/mol. The van der Waals surface area contributed by atoms with Crippen LogP contribution in [0.5, 0.6) is 5.75 Å². The molecule has 0 amide bonds. The molecule has 0 aliphatic rings. The van der Waals surface area contributed by atoms with Crippen molar-refractivity contribution < 1.29 is 9.84 Å². The Labute approximate surface area is 126 Å². The molecule has 3 nitrogen and oxygen atoms in total. The summed E-state index contributed by atoms with van der Waals surface area (Å²) in [5, 5.41) is 12.9. The van der Waals surface area contributed by atoms with E-state index in [2.05, 4.69) is 23.5 Å². The van der Waals surface area contributed by atoms with Crippen LogP contribution in [0.3, 0.4) is 0 Å². The lowest BCUT2D eigenvalue weighted by Gasteiger charge is -2.17. The van der Waals surface area contributed by atoms with E-state index in [1.807, 2.05) is 43.3 Å². The average Bonchev–Trinajstić information content (AvgIpc) is 2.53. The molecule has 2 aromatic carbocycles. The zero-order chi connectivity index (χ0) is 14.9. The van der Waals surface area contributed by atoms with Gasteiger partial charge in [0.25, 0.3) is 0 Å². The molecule has 0 aliphatic carbocycles. The Morgan fingerprint density at radius 3 is 2.52 bits per heavy atom. The molecule has 0 aliphatic heterocycles. The van der Waals surface area contributed by atoms with Gasteiger partial charge >= 0.3 is 0 Å². The van der Waals surface area contributed by atoms with Crippen molar-refractivity contribution in [3.63, 3.8) is 0 Å². The highest BCUT2D eigenvalue weighted by Gasteiger charge is 2.08. The molecule has 0 saturated carbocycles. The van der Waals surface area contributed by atoms with E-state index in [0.29, 0.717) is 6.61 Å². The number of rotatable bonds is 8. The fourth-order valence-electron chi connectivity index (χ4n) is 2.27. The van der Waals surface area contributed by atoms with Crippen molar-refractivity contribution in [3.8, 4) is 5.75 Å². The van der Waals surface area contributed by atoms with Gasteiger partial charge in [0.2, 0.25) is 0 Å². The third kappa shape index (κ3) is 5.21. The summed E-state index contributed by atoms with van der Waals surface area (Å²) in [4.78, 5) is 0. The number of aliphatic hydroxyl groups excluding tert-OH is 1. The van der Waals surface area contributed by atoms with Gasteiger partial charge in [0, 0.05) is 12.6 Å². The van der Waals surface area contributed by atoms with Crippen molar-refractivity contribution in [1.29, 1.82) is 0 Å². The largest absolute Gasteiger partial charge is 0.494 e. The van der Waals surface area contributed by atoms with Crippen LogP contribution in [0.4, 0.5) is 0 Å². The lowest BCUT2D eigenvalue weighted by atomic mass is 10.1. The summed E-state index contributed by atoms with van der Waals surface area (Å²) >= 11 is 0. The number of aliphatic hydroxyl groups is 1. The molecule has 0 aromatic heterocycles. The summed E-state index contributed by atoms with van der Waals surface area (Å²) in [5.74, 6) is 0.889. The molecule has 0 saturated heterocycles. The van der Waals surface area contributed by atoms with E-state index >= 15 is 0 Å². The van der Waals surface area contributed by atoms with Crippen molar-refractivity contribution in [1.82, 2.24) is 5.32 Å². The van der Waals surface area contributed by atoms with Gasteiger partial charge in [-0.3, -0.25) is 0 Å². The van der Waals surface area contributed by atoms with Crippen LogP contribution in [0.2, 0.25) is 0 Å². The molecular formula is C18H23NO2. The summed E-state index contributed by atoms with van der Waals surface area (Å²) in [7, 11) is 0. The summed E-state index contributed by atoms with van der Waals surface area (Å²) in [6.45, 7) is 3.50. The predicted molar refractivity (Wildman–Crippen MR) is 85.5 cm³/mol. The Hall–Kier alpha value is -1.84. The Balaban J connectivity index is 1.89. The molecule has 3 heteroatoms. The van der Waals surface area contributed by atoms with E-state index in [1.165, 1.54) is 5.56 Å². The first-order valence-electron chi connectivity index (χ1n) is 7.41. The maximum atomic E-state index is 9.52. The van der Waals surface area contributed by atoms with Crippen LogP contribution in [0, 0.1) is 0 Å². The van der Waals surface area contributed by atoms with Crippen molar-refractivity contribution in [3.05, 3.63) is 65.7 Å². The maximum Gasteiger partial charge on any atom is 0.119 e. The highest BCUT2D eigenvalue weighted by Crippen LogP contribution is 2.13. The molecule has 0 radical (unpaired) electrons. The van der Waals surface area contributed by atoms with Gasteiger partial charge in [-0.25, -0.2) is 0 Å². The number of hydrogen-bond acceptors (Lipinski definition) is 3. The summed E-state index contributed by atoms with van der Waals surface area (Å²) < 4.78 is 5.50. The first-order chi connectivity index (χ1) is 10.3. The smallest absolute Gasteiger partial charge is 0.119 e. The lowest BCUT2D eigenvalue weighted by molar-refractivity contribution is 0.240. The SMILES string of the molecule is CCOc1cccc(CN[C@@H](CO)Cc2ccccc2)c1. The third-order valence-corrected chi connectivity index (χ3v) is 3.35. The summed E-state index contributed by atoms with van der Waals surface area (Å²) in [6, 6.07) is 18.3. The minimum absolute atomic E-state index is 0.0585. The van der Waals surface area contributed by atoms with Gasteiger partial charge in [0.15, 0.2) is 0 Å². The second-order valence-electron chi connectivity index (χ2n) is 5.03. The zero-order valence-electron chi connectivity index (χ0n) is 12.5. The topological polar surface area (TPSA) is 41.5 Å². The fourth-order valence-corrected chi connectivity index (χ4v) is 2.27. The van der Waals surface area contributed by atoms with E-state index in [4.69, 9.17) is 4.74 Å². The second kappa shape index (κ2) is 8.45.